The van der Waals surface area contributed by atoms with Crippen LogP contribution in [0.15, 0.2) is 28.8 Å². The molecule has 1 aromatic heterocycles. The zero-order valence-electron chi connectivity index (χ0n) is 11.6. The molecule has 1 unspecified atom stereocenters. The molecular formula is C14H16N2O4. The number of hydrogen-bond donors (Lipinski definition) is 1. The highest BCUT2D eigenvalue weighted by Gasteiger charge is 2.30. The summed E-state index contributed by atoms with van der Waals surface area (Å²) in [6.45, 7) is 3.80. The van der Waals surface area contributed by atoms with Gasteiger partial charge in [-0.15, -0.1) is 0 Å². The maximum absolute atomic E-state index is 11.2. The Morgan fingerprint density at radius 2 is 2.15 bits per heavy atom. The smallest absolute Gasteiger partial charge is 0.336 e. The van der Waals surface area contributed by atoms with Crippen molar-refractivity contribution in [1.82, 2.24) is 10.1 Å². The number of aromatic carboxylic acids is 1. The predicted octanol–water partition coefficient (Wildman–Crippen LogP) is 2.71. The standard InChI is InChI=1S/C14H16N2O4/c1-4-14(2,19-3)13-15-11(20-16-13)9-7-5-6-8-10(9)12(17)18/h5-8H,4H2,1-3H3,(H,17,18). The van der Waals surface area contributed by atoms with Crippen LogP contribution in [0.3, 0.4) is 0 Å². The average molecular weight is 276 g/mol. The summed E-state index contributed by atoms with van der Waals surface area (Å²) in [6.07, 6.45) is 0.670. The Morgan fingerprint density at radius 1 is 1.45 bits per heavy atom. The molecule has 1 heterocycles. The summed E-state index contributed by atoms with van der Waals surface area (Å²) in [5.74, 6) is -0.460. The largest absolute Gasteiger partial charge is 0.478 e. The quantitative estimate of drug-likeness (QED) is 0.903. The van der Waals surface area contributed by atoms with E-state index in [2.05, 4.69) is 10.1 Å². The molecule has 1 N–H and O–H groups in total. The van der Waals surface area contributed by atoms with Gasteiger partial charge in [-0.1, -0.05) is 24.2 Å². The number of methoxy groups -OCH3 is 1. The molecular weight excluding hydrogens is 260 g/mol. The second-order valence-corrected chi connectivity index (χ2v) is 4.56. The summed E-state index contributed by atoms with van der Waals surface area (Å²) in [4.78, 5) is 15.5. The van der Waals surface area contributed by atoms with E-state index in [-0.39, 0.29) is 11.5 Å². The van der Waals surface area contributed by atoms with Crippen molar-refractivity contribution >= 4 is 5.97 Å². The number of benzene rings is 1. The first-order chi connectivity index (χ1) is 9.51. The first kappa shape index (κ1) is 14.2. The summed E-state index contributed by atoms with van der Waals surface area (Å²) < 4.78 is 10.6. The van der Waals surface area contributed by atoms with Crippen molar-refractivity contribution < 1.29 is 19.2 Å². The van der Waals surface area contributed by atoms with E-state index < -0.39 is 11.6 Å². The molecule has 0 spiro atoms. The number of aromatic nitrogens is 2. The zero-order valence-corrected chi connectivity index (χ0v) is 11.6. The third kappa shape index (κ3) is 2.42. The number of ether oxygens (including phenoxy) is 1. The van der Waals surface area contributed by atoms with Crippen molar-refractivity contribution in [2.75, 3.05) is 7.11 Å². The van der Waals surface area contributed by atoms with Gasteiger partial charge in [0.05, 0.1) is 11.1 Å². The maximum atomic E-state index is 11.2. The maximum Gasteiger partial charge on any atom is 0.336 e. The molecule has 0 radical (unpaired) electrons. The van der Waals surface area contributed by atoms with Crippen molar-refractivity contribution in [2.24, 2.45) is 0 Å². The Morgan fingerprint density at radius 3 is 2.75 bits per heavy atom. The van der Waals surface area contributed by atoms with E-state index >= 15 is 0 Å². The second kappa shape index (κ2) is 5.42. The number of hydrogen-bond acceptors (Lipinski definition) is 5. The topological polar surface area (TPSA) is 85.5 Å². The fraction of sp³-hybridized carbons (Fsp3) is 0.357. The van der Waals surface area contributed by atoms with E-state index in [0.717, 1.165) is 0 Å². The predicted molar refractivity (Wildman–Crippen MR) is 71.3 cm³/mol. The third-order valence-corrected chi connectivity index (χ3v) is 3.41. The number of carboxylic acids is 1. The van der Waals surface area contributed by atoms with Crippen LogP contribution in [0.1, 0.15) is 36.5 Å². The molecule has 0 saturated heterocycles. The van der Waals surface area contributed by atoms with Crippen molar-refractivity contribution in [3.05, 3.63) is 35.7 Å². The Balaban J connectivity index is 2.47. The number of carboxylic acid groups (broad SMARTS) is 1. The van der Waals surface area contributed by atoms with E-state index in [1.54, 1.807) is 25.3 Å². The molecule has 0 aliphatic rings. The summed E-state index contributed by atoms with van der Waals surface area (Å²) in [6, 6.07) is 6.50. The van der Waals surface area contributed by atoms with E-state index in [9.17, 15) is 9.90 Å². The highest BCUT2D eigenvalue weighted by atomic mass is 16.5. The molecule has 2 aromatic rings. The Bertz CT molecular complexity index is 617. The number of nitrogens with zero attached hydrogens (tertiary/aromatic N) is 2. The van der Waals surface area contributed by atoms with Crippen molar-refractivity contribution in [2.45, 2.75) is 25.9 Å². The highest BCUT2D eigenvalue weighted by Crippen LogP contribution is 2.29. The molecule has 0 amide bonds. The summed E-state index contributed by atoms with van der Waals surface area (Å²) in [7, 11) is 1.57. The van der Waals surface area contributed by atoms with Gasteiger partial charge in [-0.2, -0.15) is 4.98 Å². The van der Waals surface area contributed by atoms with E-state index in [1.807, 2.05) is 13.8 Å². The van der Waals surface area contributed by atoms with Crippen LogP contribution in [0.5, 0.6) is 0 Å². The SMILES string of the molecule is CCC(C)(OC)c1noc(-c2ccccc2C(=O)O)n1. The third-order valence-electron chi connectivity index (χ3n) is 3.41. The monoisotopic (exact) mass is 276 g/mol. The van der Waals surface area contributed by atoms with Gasteiger partial charge in [-0.3, -0.25) is 0 Å². The molecule has 20 heavy (non-hydrogen) atoms. The van der Waals surface area contributed by atoms with Gasteiger partial charge in [0, 0.05) is 7.11 Å². The molecule has 1 atom stereocenters. The van der Waals surface area contributed by atoms with Gasteiger partial charge >= 0.3 is 5.97 Å². The fourth-order valence-corrected chi connectivity index (χ4v) is 1.80. The lowest BCUT2D eigenvalue weighted by Gasteiger charge is -2.21. The van der Waals surface area contributed by atoms with Gasteiger partial charge in [0.25, 0.3) is 5.89 Å². The van der Waals surface area contributed by atoms with E-state index in [0.29, 0.717) is 17.8 Å². The van der Waals surface area contributed by atoms with Gasteiger partial charge in [-0.05, 0) is 25.5 Å². The Kier molecular flexibility index (Phi) is 3.85. The number of carbonyl (C=O) groups is 1. The van der Waals surface area contributed by atoms with Gasteiger partial charge in [-0.25, -0.2) is 4.79 Å². The lowest BCUT2D eigenvalue weighted by molar-refractivity contribution is -0.0106. The zero-order chi connectivity index (χ0) is 14.8. The molecule has 6 heteroatoms. The fourth-order valence-electron chi connectivity index (χ4n) is 1.80. The van der Waals surface area contributed by atoms with Crippen LogP contribution in [0, 0.1) is 0 Å². The van der Waals surface area contributed by atoms with E-state index in [4.69, 9.17) is 9.26 Å². The highest BCUT2D eigenvalue weighted by molar-refractivity contribution is 5.94. The van der Waals surface area contributed by atoms with Gasteiger partial charge in [0.15, 0.2) is 0 Å². The molecule has 2 rings (SSSR count). The van der Waals surface area contributed by atoms with Crippen molar-refractivity contribution in [3.8, 4) is 11.5 Å². The Hall–Kier alpha value is -2.21. The lowest BCUT2D eigenvalue weighted by Crippen LogP contribution is -2.24. The first-order valence-electron chi connectivity index (χ1n) is 6.24. The molecule has 0 bridgehead atoms. The summed E-state index contributed by atoms with van der Waals surface area (Å²) >= 11 is 0. The molecule has 106 valence electrons. The minimum Gasteiger partial charge on any atom is -0.478 e. The van der Waals surface area contributed by atoms with Crippen LogP contribution < -0.4 is 0 Å². The molecule has 0 aliphatic heterocycles. The Labute approximate surface area is 116 Å². The normalized spacial score (nSPS) is 13.9. The van der Waals surface area contributed by atoms with Crippen LogP contribution in [0.25, 0.3) is 11.5 Å². The van der Waals surface area contributed by atoms with Crippen molar-refractivity contribution in [3.63, 3.8) is 0 Å². The number of rotatable bonds is 5. The molecule has 6 nitrogen and oxygen atoms in total. The van der Waals surface area contributed by atoms with Gasteiger partial charge in [0.1, 0.15) is 5.60 Å². The average Bonchev–Trinajstić information content (AvgIpc) is 2.96. The van der Waals surface area contributed by atoms with Crippen LogP contribution in [0.2, 0.25) is 0 Å². The molecule has 0 aliphatic carbocycles. The summed E-state index contributed by atoms with van der Waals surface area (Å²) in [5.41, 5.74) is -0.133. The molecule has 1 aromatic carbocycles. The van der Waals surface area contributed by atoms with E-state index in [1.165, 1.54) is 6.07 Å². The second-order valence-electron chi connectivity index (χ2n) is 4.56. The van der Waals surface area contributed by atoms with Crippen molar-refractivity contribution in [1.29, 1.82) is 0 Å². The first-order valence-corrected chi connectivity index (χ1v) is 6.24. The summed E-state index contributed by atoms with van der Waals surface area (Å²) in [5, 5.41) is 13.1. The van der Waals surface area contributed by atoms with Crippen LogP contribution in [-0.2, 0) is 10.3 Å². The van der Waals surface area contributed by atoms with Crippen LogP contribution in [0.4, 0.5) is 0 Å². The molecule has 0 saturated carbocycles. The van der Waals surface area contributed by atoms with Gasteiger partial charge < -0.3 is 14.4 Å². The van der Waals surface area contributed by atoms with Crippen LogP contribution >= 0.6 is 0 Å². The van der Waals surface area contributed by atoms with Gasteiger partial charge in [0.2, 0.25) is 5.82 Å². The minimum absolute atomic E-state index is 0.123. The lowest BCUT2D eigenvalue weighted by atomic mass is 10.0. The van der Waals surface area contributed by atoms with Crippen LogP contribution in [-0.4, -0.2) is 28.3 Å². The minimum atomic E-state index is -1.04. The molecule has 0 fully saturated rings.